The largest absolute Gasteiger partial charge is 0.339 e. The van der Waals surface area contributed by atoms with Crippen molar-refractivity contribution < 1.29 is 0 Å². The van der Waals surface area contributed by atoms with E-state index in [4.69, 9.17) is 0 Å². The monoisotopic (exact) mass is 227 g/mol. The predicted octanol–water partition coefficient (Wildman–Crippen LogP) is -2.69. The van der Waals surface area contributed by atoms with E-state index in [1.165, 1.54) is 0 Å². The molecule has 3 N–H and O–H groups in total. The van der Waals surface area contributed by atoms with Gasteiger partial charge in [0.1, 0.15) is 31.2 Å². The molecule has 7 heteroatoms. The first-order chi connectivity index (χ1) is 6.35. The van der Waals surface area contributed by atoms with Crippen molar-refractivity contribution in [2.75, 3.05) is 39.3 Å². The van der Waals surface area contributed by atoms with Gasteiger partial charge in [-0.15, -0.1) is 0 Å². The number of rotatable bonds is 9. The van der Waals surface area contributed by atoms with Gasteiger partial charge in [0.15, 0.2) is 0 Å². The van der Waals surface area contributed by atoms with Crippen molar-refractivity contribution in [3.63, 3.8) is 0 Å². The van der Waals surface area contributed by atoms with Crippen molar-refractivity contribution in [3.05, 3.63) is 0 Å². The minimum atomic E-state index is 0.945. The van der Waals surface area contributed by atoms with E-state index in [0.29, 0.717) is 0 Å². The molecule has 0 saturated carbocycles. The van der Waals surface area contributed by atoms with Crippen LogP contribution in [0, 0.1) is 0 Å². The maximum Gasteiger partial charge on any atom is 0.140 e. The van der Waals surface area contributed by atoms with Gasteiger partial charge in [-0.1, -0.05) is 0 Å². The minimum absolute atomic E-state index is 0.945. The Balaban J connectivity index is 3.47. The molecule has 0 aromatic heterocycles. The topological polar surface area (TPSA) is 39.3 Å². The molecule has 0 bridgehead atoms. The highest BCUT2D eigenvalue weighted by molar-refractivity contribution is 6.04. The normalized spacial score (nSPS) is 11.1. The molecule has 0 aromatic carbocycles. The molecule has 0 amide bonds. The second-order valence-electron chi connectivity index (χ2n) is 2.62. The van der Waals surface area contributed by atoms with Gasteiger partial charge in [0.05, 0.1) is 0 Å². The van der Waals surface area contributed by atoms with Crippen LogP contribution in [0.1, 0.15) is 0 Å². The molecule has 9 radical (unpaired) electrons. The maximum atomic E-state index is 3.23. The van der Waals surface area contributed by atoms with Crippen LogP contribution in [-0.2, 0) is 0 Å². The Kier molecular flexibility index (Phi) is 11.0. The molecule has 0 rings (SSSR count). The summed E-state index contributed by atoms with van der Waals surface area (Å²) in [5.41, 5.74) is 0. The summed E-state index contributed by atoms with van der Waals surface area (Å²) < 4.78 is 0. The van der Waals surface area contributed by atoms with Crippen molar-refractivity contribution >= 4 is 31.2 Å². The average molecular weight is 227 g/mol. The molecule has 0 atom stereocenters. The van der Waals surface area contributed by atoms with Gasteiger partial charge >= 0.3 is 0 Å². The summed E-state index contributed by atoms with van der Waals surface area (Å²) in [6.45, 7) is 5.93. The summed E-state index contributed by atoms with van der Waals surface area (Å²) in [6.07, 6.45) is 0. The molecule has 0 heterocycles. The predicted molar refractivity (Wildman–Crippen MR) is 57.7 cm³/mol. The molecule has 0 saturated heterocycles. The molecule has 0 aliphatic rings. The second kappa shape index (κ2) is 10.6. The van der Waals surface area contributed by atoms with Gasteiger partial charge in [0.25, 0.3) is 0 Å². The highest BCUT2D eigenvalue weighted by Gasteiger charge is 2.01. The van der Waals surface area contributed by atoms with Crippen LogP contribution in [0.25, 0.3) is 0 Å². The van der Waals surface area contributed by atoms with E-state index >= 15 is 0 Å². The van der Waals surface area contributed by atoms with Crippen LogP contribution in [0.3, 0.4) is 0 Å². The molecular weight excluding hydrogens is 212 g/mol. The van der Waals surface area contributed by atoms with Crippen LogP contribution in [0.4, 0.5) is 0 Å². The Morgan fingerprint density at radius 3 is 1.23 bits per heavy atom. The Morgan fingerprint density at radius 2 is 1.00 bits per heavy atom. The summed E-state index contributed by atoms with van der Waals surface area (Å²) in [7, 11) is 9.70. The Morgan fingerprint density at radius 1 is 0.692 bits per heavy atom. The Hall–Kier alpha value is 0.491. The molecule has 0 unspecified atom stereocenters. The van der Waals surface area contributed by atoms with E-state index in [-0.39, 0.29) is 0 Å². The zero-order valence-corrected chi connectivity index (χ0v) is 10.7. The zero-order chi connectivity index (χ0) is 9.94. The van der Waals surface area contributed by atoms with Gasteiger partial charge in [-0.05, 0) is 0 Å². The van der Waals surface area contributed by atoms with E-state index < -0.39 is 0 Å². The summed E-state index contributed by atoms with van der Waals surface area (Å²) in [5.74, 6) is 0. The molecular formula is C6H15N4Si3. The van der Waals surface area contributed by atoms with Crippen LogP contribution in [0.2, 0.25) is 0 Å². The lowest BCUT2D eigenvalue weighted by Gasteiger charge is -2.21. The van der Waals surface area contributed by atoms with Crippen LogP contribution in [0.15, 0.2) is 0 Å². The number of nitrogens with zero attached hydrogens (tertiary/aromatic N) is 1. The lowest BCUT2D eigenvalue weighted by molar-refractivity contribution is 0.288. The first kappa shape index (κ1) is 13.5. The summed E-state index contributed by atoms with van der Waals surface area (Å²) in [4.78, 5) is 11.2. The second-order valence-corrected chi connectivity index (χ2v) is 3.68. The molecule has 71 valence electrons. The van der Waals surface area contributed by atoms with E-state index in [9.17, 15) is 0 Å². The molecule has 0 spiro atoms. The van der Waals surface area contributed by atoms with Crippen LogP contribution in [-0.4, -0.2) is 75.4 Å². The van der Waals surface area contributed by atoms with Gasteiger partial charge in [0.2, 0.25) is 0 Å². The third-order valence-corrected chi connectivity index (χ3v) is 2.41. The minimum Gasteiger partial charge on any atom is -0.339 e. The first-order valence-electron chi connectivity index (χ1n) is 4.26. The highest BCUT2D eigenvalue weighted by atomic mass is 28.2. The van der Waals surface area contributed by atoms with Crippen molar-refractivity contribution in [3.8, 4) is 0 Å². The average Bonchev–Trinajstić information content (AvgIpc) is 2.17. The van der Waals surface area contributed by atoms with Gasteiger partial charge in [-0.2, -0.15) is 0 Å². The fraction of sp³-hybridized carbons (Fsp3) is 1.00. The van der Waals surface area contributed by atoms with Gasteiger partial charge in [-0.25, -0.2) is 0 Å². The molecule has 13 heavy (non-hydrogen) atoms. The first-order valence-corrected chi connectivity index (χ1v) is 5.76. The van der Waals surface area contributed by atoms with E-state index in [0.717, 1.165) is 39.3 Å². The lowest BCUT2D eigenvalue weighted by atomic mass is 10.4. The highest BCUT2D eigenvalue weighted by Crippen LogP contribution is 1.84. The quantitative estimate of drug-likeness (QED) is 0.375. The van der Waals surface area contributed by atoms with Crippen LogP contribution >= 0.6 is 0 Å². The zero-order valence-electron chi connectivity index (χ0n) is 7.69. The van der Waals surface area contributed by atoms with Crippen molar-refractivity contribution in [2.45, 2.75) is 0 Å². The third-order valence-electron chi connectivity index (χ3n) is 1.66. The lowest BCUT2D eigenvalue weighted by Crippen LogP contribution is -2.39. The number of nitrogens with one attached hydrogen (secondary N) is 3. The standard InChI is InChI=1S/C6H15N4Si3/c11-7-1-4-10(5-2-8-12)6-3-9-13/h7-9H,1-6H2. The molecule has 0 fully saturated rings. The summed E-state index contributed by atoms with van der Waals surface area (Å²) in [6, 6.07) is 0. The maximum absolute atomic E-state index is 3.23. The molecule has 4 nitrogen and oxygen atoms in total. The molecule has 0 aliphatic heterocycles. The van der Waals surface area contributed by atoms with E-state index in [1.807, 2.05) is 0 Å². The Labute approximate surface area is 90.7 Å². The van der Waals surface area contributed by atoms with Crippen molar-refractivity contribution in [1.82, 2.24) is 19.8 Å². The summed E-state index contributed by atoms with van der Waals surface area (Å²) in [5, 5.41) is 0. The van der Waals surface area contributed by atoms with Gasteiger partial charge in [0, 0.05) is 39.3 Å². The van der Waals surface area contributed by atoms with E-state index in [1.54, 1.807) is 0 Å². The van der Waals surface area contributed by atoms with Crippen molar-refractivity contribution in [2.24, 2.45) is 0 Å². The SMILES string of the molecule is [Si]NCCN(CCN[Si])CCN[Si]. The third kappa shape index (κ3) is 8.81. The smallest absolute Gasteiger partial charge is 0.140 e. The molecule has 0 aliphatic carbocycles. The van der Waals surface area contributed by atoms with E-state index in [2.05, 4.69) is 51.1 Å². The summed E-state index contributed by atoms with van der Waals surface area (Å²) >= 11 is 0. The van der Waals surface area contributed by atoms with Gasteiger partial charge < -0.3 is 14.9 Å². The molecule has 0 aromatic rings. The Bertz CT molecular complexity index is 86.9. The van der Waals surface area contributed by atoms with Crippen LogP contribution in [0.5, 0.6) is 0 Å². The number of hydrogen-bond donors (Lipinski definition) is 3. The van der Waals surface area contributed by atoms with Gasteiger partial charge in [-0.3, -0.25) is 4.90 Å². The van der Waals surface area contributed by atoms with Crippen LogP contribution < -0.4 is 14.9 Å². The fourth-order valence-electron chi connectivity index (χ4n) is 0.977. The number of hydrogen-bond acceptors (Lipinski definition) is 4. The van der Waals surface area contributed by atoms with Crippen molar-refractivity contribution in [1.29, 1.82) is 0 Å². The fourth-order valence-corrected chi connectivity index (χ4v) is 1.31.